The maximum absolute atomic E-state index is 9.38. The van der Waals surface area contributed by atoms with E-state index in [0.717, 1.165) is 12.8 Å². The second-order valence-corrected chi connectivity index (χ2v) is 5.37. The summed E-state index contributed by atoms with van der Waals surface area (Å²) in [5, 5.41) is 9.38. The topological polar surface area (TPSA) is 35.8 Å². The van der Waals surface area contributed by atoms with Crippen LogP contribution in [0.4, 0.5) is 0 Å². The monoisotopic (exact) mass is 224 g/mol. The Balaban J connectivity index is 1.94. The first-order chi connectivity index (χ1) is 7.72. The Kier molecular flexibility index (Phi) is 3.98. The van der Waals surface area contributed by atoms with E-state index < -0.39 is 0 Å². The zero-order chi connectivity index (χ0) is 11.5. The highest BCUT2D eigenvalue weighted by atomic mass is 16.3. The van der Waals surface area contributed by atoms with Crippen molar-refractivity contribution in [2.24, 2.45) is 10.9 Å². The summed E-state index contributed by atoms with van der Waals surface area (Å²) in [6.07, 6.45) is 9.27. The summed E-state index contributed by atoms with van der Waals surface area (Å²) in [7, 11) is 4.10. The van der Waals surface area contributed by atoms with E-state index in [1.807, 2.05) is 7.05 Å². The molecular formula is C13H24N2O. The van der Waals surface area contributed by atoms with E-state index in [9.17, 15) is 5.11 Å². The molecule has 1 N–H and O–H groups in total. The van der Waals surface area contributed by atoms with Crippen molar-refractivity contribution in [2.75, 3.05) is 14.1 Å². The number of aliphatic hydroxyl groups excluding tert-OH is 1. The molecule has 0 heterocycles. The standard InChI is InChI=1S/C13H24N2O/c1-14-9-10-5-3-4-6-13(10)15(2)11-7-12(16)8-11/h9-13,16H,3-8H2,1-2H3/t10?,11-,12+,13-/m0/s1. The molecule has 92 valence electrons. The largest absolute Gasteiger partial charge is 0.393 e. The van der Waals surface area contributed by atoms with Crippen molar-refractivity contribution in [3.8, 4) is 0 Å². The maximum atomic E-state index is 9.38. The third-order valence-electron chi connectivity index (χ3n) is 4.31. The van der Waals surface area contributed by atoms with Crippen LogP contribution in [0.25, 0.3) is 0 Å². The molecule has 0 saturated heterocycles. The van der Waals surface area contributed by atoms with E-state index >= 15 is 0 Å². The maximum Gasteiger partial charge on any atom is 0.0570 e. The van der Waals surface area contributed by atoms with E-state index in [2.05, 4.69) is 23.2 Å². The van der Waals surface area contributed by atoms with Crippen LogP contribution in [0.3, 0.4) is 0 Å². The van der Waals surface area contributed by atoms with Gasteiger partial charge in [-0.2, -0.15) is 0 Å². The molecule has 3 nitrogen and oxygen atoms in total. The van der Waals surface area contributed by atoms with E-state index in [4.69, 9.17) is 0 Å². The third-order valence-corrected chi connectivity index (χ3v) is 4.31. The summed E-state index contributed by atoms with van der Waals surface area (Å²) in [5.74, 6) is 0.626. The minimum atomic E-state index is -0.0469. The molecule has 0 aromatic heterocycles. The van der Waals surface area contributed by atoms with E-state index in [-0.39, 0.29) is 6.10 Å². The Morgan fingerprint density at radius 1 is 1.25 bits per heavy atom. The predicted octanol–water partition coefficient (Wildman–Crippen LogP) is 1.70. The number of hydrogen-bond acceptors (Lipinski definition) is 3. The van der Waals surface area contributed by atoms with Crippen molar-refractivity contribution >= 4 is 6.21 Å². The first-order valence-corrected chi connectivity index (χ1v) is 6.54. The molecule has 16 heavy (non-hydrogen) atoms. The fourth-order valence-electron chi connectivity index (χ4n) is 3.17. The average Bonchev–Trinajstić information content (AvgIpc) is 2.25. The van der Waals surface area contributed by atoms with Gasteiger partial charge in [0.1, 0.15) is 0 Å². The lowest BCUT2D eigenvalue weighted by Gasteiger charge is -2.46. The number of aliphatic hydroxyl groups is 1. The van der Waals surface area contributed by atoms with Crippen LogP contribution in [0.5, 0.6) is 0 Å². The van der Waals surface area contributed by atoms with Gasteiger partial charge in [0.05, 0.1) is 6.10 Å². The number of rotatable bonds is 3. The lowest BCUT2D eigenvalue weighted by Crippen LogP contribution is -2.52. The zero-order valence-electron chi connectivity index (χ0n) is 10.5. The molecule has 0 aromatic rings. The SMILES string of the molecule is CN=CC1CCCC[C@@H]1N(C)[C@H]1C[C@@H](O)C1. The number of aliphatic imine (C=N–C) groups is 1. The fraction of sp³-hybridized carbons (Fsp3) is 0.923. The van der Waals surface area contributed by atoms with Gasteiger partial charge in [-0.3, -0.25) is 4.90 Å². The highest BCUT2D eigenvalue weighted by Gasteiger charge is 2.36. The fourth-order valence-corrected chi connectivity index (χ4v) is 3.17. The summed E-state index contributed by atoms with van der Waals surface area (Å²) >= 11 is 0. The van der Waals surface area contributed by atoms with Gasteiger partial charge in [0.25, 0.3) is 0 Å². The van der Waals surface area contributed by atoms with Crippen molar-refractivity contribution in [3.63, 3.8) is 0 Å². The van der Waals surface area contributed by atoms with E-state index in [1.54, 1.807) is 0 Å². The van der Waals surface area contributed by atoms with Crippen LogP contribution in [0.15, 0.2) is 4.99 Å². The van der Waals surface area contributed by atoms with Crippen LogP contribution in [-0.2, 0) is 0 Å². The highest BCUT2D eigenvalue weighted by Crippen LogP contribution is 2.33. The summed E-state index contributed by atoms with van der Waals surface area (Å²) in [6.45, 7) is 0. The molecule has 2 aliphatic carbocycles. The Morgan fingerprint density at radius 3 is 2.56 bits per heavy atom. The molecule has 0 amide bonds. The average molecular weight is 224 g/mol. The van der Waals surface area contributed by atoms with Crippen molar-refractivity contribution < 1.29 is 5.11 Å². The molecule has 0 spiro atoms. The molecule has 2 saturated carbocycles. The lowest BCUT2D eigenvalue weighted by molar-refractivity contribution is -0.0160. The molecule has 3 heteroatoms. The zero-order valence-corrected chi connectivity index (χ0v) is 10.5. The normalized spacial score (nSPS) is 40.2. The van der Waals surface area contributed by atoms with Crippen LogP contribution in [0.2, 0.25) is 0 Å². The molecule has 2 atom stereocenters. The van der Waals surface area contributed by atoms with Crippen molar-refractivity contribution in [2.45, 2.75) is 56.7 Å². The minimum Gasteiger partial charge on any atom is -0.393 e. The predicted molar refractivity (Wildman–Crippen MR) is 67.0 cm³/mol. The van der Waals surface area contributed by atoms with Gasteiger partial charge in [0.2, 0.25) is 0 Å². The van der Waals surface area contributed by atoms with Gasteiger partial charge in [-0.1, -0.05) is 12.8 Å². The Bertz CT molecular complexity index is 248. The van der Waals surface area contributed by atoms with Crippen molar-refractivity contribution in [1.29, 1.82) is 0 Å². The number of nitrogens with zero attached hydrogens (tertiary/aromatic N) is 2. The van der Waals surface area contributed by atoms with Crippen LogP contribution in [0, 0.1) is 5.92 Å². The van der Waals surface area contributed by atoms with Gasteiger partial charge in [-0.05, 0) is 32.7 Å². The minimum absolute atomic E-state index is 0.0469. The quantitative estimate of drug-likeness (QED) is 0.741. The van der Waals surface area contributed by atoms with Crippen molar-refractivity contribution in [3.05, 3.63) is 0 Å². The summed E-state index contributed by atoms with van der Waals surface area (Å²) < 4.78 is 0. The summed E-state index contributed by atoms with van der Waals surface area (Å²) in [6, 6.07) is 1.25. The van der Waals surface area contributed by atoms with Gasteiger partial charge in [0, 0.05) is 31.3 Å². The molecule has 0 aliphatic heterocycles. The Labute approximate surface area is 98.6 Å². The molecule has 0 bridgehead atoms. The molecule has 2 aliphatic rings. The highest BCUT2D eigenvalue weighted by molar-refractivity contribution is 5.61. The van der Waals surface area contributed by atoms with Gasteiger partial charge >= 0.3 is 0 Å². The van der Waals surface area contributed by atoms with Crippen molar-refractivity contribution in [1.82, 2.24) is 4.90 Å². The van der Waals surface area contributed by atoms with Crippen LogP contribution in [-0.4, -0.2) is 48.5 Å². The molecule has 0 aromatic carbocycles. The summed E-state index contributed by atoms with van der Waals surface area (Å²) in [5.41, 5.74) is 0. The number of hydrogen-bond donors (Lipinski definition) is 1. The smallest absolute Gasteiger partial charge is 0.0570 e. The van der Waals surface area contributed by atoms with Gasteiger partial charge in [0.15, 0.2) is 0 Å². The first kappa shape index (κ1) is 12.1. The van der Waals surface area contributed by atoms with Gasteiger partial charge < -0.3 is 10.1 Å². The Hall–Kier alpha value is -0.410. The van der Waals surface area contributed by atoms with Gasteiger partial charge in [-0.25, -0.2) is 0 Å². The van der Waals surface area contributed by atoms with Crippen LogP contribution in [0.1, 0.15) is 38.5 Å². The second-order valence-electron chi connectivity index (χ2n) is 5.37. The lowest BCUT2D eigenvalue weighted by atomic mass is 9.80. The third kappa shape index (κ3) is 2.46. The van der Waals surface area contributed by atoms with Crippen LogP contribution < -0.4 is 0 Å². The molecule has 2 fully saturated rings. The molecule has 0 radical (unpaired) electrons. The molecular weight excluding hydrogens is 200 g/mol. The summed E-state index contributed by atoms with van der Waals surface area (Å²) in [4.78, 5) is 6.71. The first-order valence-electron chi connectivity index (χ1n) is 6.54. The van der Waals surface area contributed by atoms with Gasteiger partial charge in [-0.15, -0.1) is 0 Å². The second kappa shape index (κ2) is 5.28. The molecule has 2 rings (SSSR count). The van der Waals surface area contributed by atoms with E-state index in [1.165, 1.54) is 25.7 Å². The Morgan fingerprint density at radius 2 is 1.94 bits per heavy atom. The van der Waals surface area contributed by atoms with Crippen LogP contribution >= 0.6 is 0 Å². The van der Waals surface area contributed by atoms with E-state index in [0.29, 0.717) is 18.0 Å². The molecule has 1 unspecified atom stereocenters.